The lowest BCUT2D eigenvalue weighted by molar-refractivity contribution is -0.137. The minimum atomic E-state index is -4.70. The monoisotopic (exact) mass is 541 g/mol. The topological polar surface area (TPSA) is 129 Å². The number of halogens is 3. The Bertz CT molecular complexity index is 1200. The van der Waals surface area contributed by atoms with Gasteiger partial charge in [0, 0.05) is 43.3 Å². The van der Waals surface area contributed by atoms with Crippen LogP contribution in [-0.4, -0.2) is 60.8 Å². The summed E-state index contributed by atoms with van der Waals surface area (Å²) in [5.74, 6) is -1.04. The predicted octanol–water partition coefficient (Wildman–Crippen LogP) is 3.46. The summed E-state index contributed by atoms with van der Waals surface area (Å²) in [5, 5.41) is 7.96. The number of nitrogens with zero attached hydrogens (tertiary/aromatic N) is 4. The van der Waals surface area contributed by atoms with E-state index in [2.05, 4.69) is 44.1 Å². The highest BCUT2D eigenvalue weighted by Gasteiger charge is 2.35. The highest BCUT2D eigenvalue weighted by molar-refractivity contribution is 7.88. The number of rotatable bonds is 13. The van der Waals surface area contributed by atoms with Crippen molar-refractivity contribution in [1.82, 2.24) is 19.6 Å². The lowest BCUT2D eigenvalue weighted by Gasteiger charge is -2.14. The largest absolute Gasteiger partial charge is 0.421 e. The number of allylic oxidation sites excluding steroid dienone is 3. The number of hydrogen-bond acceptors (Lipinski definition) is 8. The summed E-state index contributed by atoms with van der Waals surface area (Å²) in [5.41, 5.74) is -0.714. The number of carbonyl (C=O) groups excluding carboxylic acids is 1. The van der Waals surface area contributed by atoms with Crippen LogP contribution in [0.25, 0.3) is 0 Å². The summed E-state index contributed by atoms with van der Waals surface area (Å²) in [4.78, 5) is 23.4. The Morgan fingerprint density at radius 1 is 1.30 bits per heavy atom. The van der Waals surface area contributed by atoms with Gasteiger partial charge >= 0.3 is 6.18 Å². The van der Waals surface area contributed by atoms with E-state index in [-0.39, 0.29) is 29.8 Å². The highest BCUT2D eigenvalue weighted by atomic mass is 32.2. The van der Waals surface area contributed by atoms with E-state index in [1.807, 2.05) is 0 Å². The molecule has 0 saturated carbocycles. The number of hydrogen-bond donors (Lipinski definition) is 3. The molecule has 37 heavy (non-hydrogen) atoms. The molecule has 1 aromatic heterocycles. The molecule has 1 rings (SSSR count). The Morgan fingerprint density at radius 2 is 1.97 bits per heavy atom. The van der Waals surface area contributed by atoms with Crippen LogP contribution in [0, 0.1) is 0 Å². The van der Waals surface area contributed by atoms with E-state index in [0.29, 0.717) is 6.20 Å². The van der Waals surface area contributed by atoms with Crippen molar-refractivity contribution in [2.45, 2.75) is 26.1 Å². The average Bonchev–Trinajstić information content (AvgIpc) is 2.78. The number of nitrogens with one attached hydrogen (secondary N) is 3. The molecule has 0 bridgehead atoms. The first-order valence-electron chi connectivity index (χ1n) is 10.7. The molecule has 10 nitrogen and oxygen atoms in total. The first kappa shape index (κ1) is 31.1. The lowest BCUT2D eigenvalue weighted by Crippen LogP contribution is -2.30. The smallest absolute Gasteiger partial charge is 0.366 e. The molecule has 0 aliphatic rings. The van der Waals surface area contributed by atoms with Crippen LogP contribution >= 0.6 is 0 Å². The number of sulfonamides is 1. The molecule has 14 heteroatoms. The van der Waals surface area contributed by atoms with Crippen LogP contribution in [0.4, 0.5) is 24.9 Å². The first-order valence-corrected chi connectivity index (χ1v) is 12.6. The van der Waals surface area contributed by atoms with E-state index in [0.717, 1.165) is 16.9 Å². The van der Waals surface area contributed by atoms with Gasteiger partial charge < -0.3 is 16.0 Å². The van der Waals surface area contributed by atoms with Crippen LogP contribution in [0.2, 0.25) is 0 Å². The Hall–Kier alpha value is -3.94. The van der Waals surface area contributed by atoms with Gasteiger partial charge in [0.15, 0.2) is 0 Å². The molecule has 0 spiro atoms. The van der Waals surface area contributed by atoms with Crippen LogP contribution in [0.1, 0.15) is 19.4 Å². The van der Waals surface area contributed by atoms with E-state index in [9.17, 15) is 26.4 Å². The highest BCUT2D eigenvalue weighted by Crippen LogP contribution is 2.33. The van der Waals surface area contributed by atoms with Gasteiger partial charge in [0.25, 0.3) is 5.91 Å². The fourth-order valence-electron chi connectivity index (χ4n) is 2.29. The maximum atomic E-state index is 13.4. The zero-order valence-corrected chi connectivity index (χ0v) is 21.7. The molecule has 0 fully saturated rings. The molecule has 3 N–H and O–H groups in total. The average molecular weight is 542 g/mol. The van der Waals surface area contributed by atoms with Crippen molar-refractivity contribution in [2.24, 2.45) is 4.99 Å². The Kier molecular flexibility index (Phi) is 11.7. The van der Waals surface area contributed by atoms with Gasteiger partial charge in [-0.15, -0.1) is 0 Å². The third-order valence-electron chi connectivity index (χ3n) is 4.17. The van der Waals surface area contributed by atoms with E-state index in [1.54, 1.807) is 13.8 Å². The minimum absolute atomic E-state index is 0.0207. The number of anilines is 2. The second-order valence-electron chi connectivity index (χ2n) is 7.73. The zero-order valence-electron chi connectivity index (χ0n) is 20.9. The predicted molar refractivity (Wildman–Crippen MR) is 139 cm³/mol. The summed E-state index contributed by atoms with van der Waals surface area (Å²) in [6.07, 6.45) is 6.55. The summed E-state index contributed by atoms with van der Waals surface area (Å²) in [7, 11) is -2.07. The molecular formula is C23H30F3N7O3S. The molecule has 202 valence electrons. The van der Waals surface area contributed by atoms with Gasteiger partial charge in [-0.3, -0.25) is 9.10 Å². The second kappa shape index (κ2) is 14.0. The van der Waals surface area contributed by atoms with Crippen molar-refractivity contribution in [3.8, 4) is 0 Å². The Morgan fingerprint density at radius 3 is 2.54 bits per heavy atom. The van der Waals surface area contributed by atoms with E-state index >= 15 is 0 Å². The summed E-state index contributed by atoms with van der Waals surface area (Å²) in [6.45, 7) is 10.8. The SMILES string of the molecule is C=C/C(=C\C(=C)C(=O)NC(C)C)Nc1ncc(C(F)(F)F)c(NC/C=C/C=C\N=C\N(C)S(C)(=O)=O)n1. The number of amides is 1. The second-order valence-corrected chi connectivity index (χ2v) is 9.77. The molecule has 0 atom stereocenters. The lowest BCUT2D eigenvalue weighted by atomic mass is 10.2. The van der Waals surface area contributed by atoms with Crippen molar-refractivity contribution in [2.75, 3.05) is 30.5 Å². The standard InChI is InChI=1S/C23H30F3N7O3S/c1-7-18(13-17(4)21(34)30-16(2)3)31-22-29-14-19(23(24,25)26)20(32-22)28-12-10-8-9-11-27-15-33(5)37(6,35)36/h7-11,13-16H,1,4,12H2,2-3,5-6H3,(H,30,34)(H2,28,29,31,32)/b10-8+,11-9-,18-13+,27-15+. The normalized spacial score (nSPS) is 12.9. The fraction of sp³-hybridized carbons (Fsp3) is 0.304. The third kappa shape index (κ3) is 11.6. The molecule has 1 amide bonds. The Balaban J connectivity index is 2.96. The van der Waals surface area contributed by atoms with Gasteiger partial charge in [-0.25, -0.2) is 18.4 Å². The maximum absolute atomic E-state index is 13.4. The molecule has 0 unspecified atom stereocenters. The molecule has 1 heterocycles. The van der Waals surface area contributed by atoms with Gasteiger partial charge in [0.2, 0.25) is 16.0 Å². The molecule has 0 saturated heterocycles. The van der Waals surface area contributed by atoms with Crippen molar-refractivity contribution >= 4 is 34.0 Å². The van der Waals surface area contributed by atoms with E-state index in [1.165, 1.54) is 43.6 Å². The van der Waals surface area contributed by atoms with Gasteiger partial charge in [-0.2, -0.15) is 18.2 Å². The molecule has 0 aromatic carbocycles. The molecule has 1 aromatic rings. The molecule has 0 aliphatic carbocycles. The van der Waals surface area contributed by atoms with Gasteiger partial charge in [0.05, 0.1) is 6.26 Å². The van der Waals surface area contributed by atoms with Crippen molar-refractivity contribution < 1.29 is 26.4 Å². The molecule has 0 aliphatic heterocycles. The number of aromatic nitrogens is 2. The van der Waals surface area contributed by atoms with Crippen LogP contribution in [0.15, 0.2) is 72.2 Å². The molecule has 0 radical (unpaired) electrons. The number of carbonyl (C=O) groups is 1. The Labute approximate surface area is 214 Å². The number of aliphatic imine (C=N–C) groups is 1. The van der Waals surface area contributed by atoms with Crippen LogP contribution in [-0.2, 0) is 21.0 Å². The zero-order chi connectivity index (χ0) is 28.2. The van der Waals surface area contributed by atoms with Gasteiger partial charge in [0.1, 0.15) is 17.7 Å². The number of alkyl halides is 3. The maximum Gasteiger partial charge on any atom is 0.421 e. The first-order chi connectivity index (χ1) is 17.1. The summed E-state index contributed by atoms with van der Waals surface area (Å²) >= 11 is 0. The van der Waals surface area contributed by atoms with E-state index < -0.39 is 33.5 Å². The fourth-order valence-corrected chi connectivity index (χ4v) is 2.51. The van der Waals surface area contributed by atoms with Crippen LogP contribution < -0.4 is 16.0 Å². The van der Waals surface area contributed by atoms with Crippen molar-refractivity contribution in [3.05, 3.63) is 72.8 Å². The van der Waals surface area contributed by atoms with Gasteiger partial charge in [-0.05, 0) is 32.1 Å². The molecular weight excluding hydrogens is 511 g/mol. The summed E-state index contributed by atoms with van der Waals surface area (Å²) in [6, 6.07) is -0.108. The quantitative estimate of drug-likeness (QED) is 0.151. The van der Waals surface area contributed by atoms with Crippen LogP contribution in [0.3, 0.4) is 0 Å². The third-order valence-corrected chi connectivity index (χ3v) is 5.31. The van der Waals surface area contributed by atoms with Gasteiger partial charge in [-0.1, -0.05) is 25.3 Å². The summed E-state index contributed by atoms with van der Waals surface area (Å²) < 4.78 is 63.7. The van der Waals surface area contributed by atoms with Crippen LogP contribution in [0.5, 0.6) is 0 Å². The minimum Gasteiger partial charge on any atom is -0.366 e. The van der Waals surface area contributed by atoms with E-state index in [4.69, 9.17) is 0 Å². The van der Waals surface area contributed by atoms with Crippen molar-refractivity contribution in [3.63, 3.8) is 0 Å². The van der Waals surface area contributed by atoms with Crippen molar-refractivity contribution in [1.29, 1.82) is 0 Å².